The molecule has 0 amide bonds. The molecule has 1 fully saturated rings. The molecular weight excluding hydrogens is 440 g/mol. The molecular formula is C22H24O11. The Morgan fingerprint density at radius 3 is 2.39 bits per heavy atom. The van der Waals surface area contributed by atoms with Crippen molar-refractivity contribution in [3.63, 3.8) is 0 Å². The minimum absolute atomic E-state index is 0.136. The smallest absolute Gasteiger partial charge is 0.229 e. The predicted octanol–water partition coefficient (Wildman–Crippen LogP) is -0.113. The van der Waals surface area contributed by atoms with Gasteiger partial charge in [0.1, 0.15) is 24.4 Å². The van der Waals surface area contributed by atoms with E-state index in [2.05, 4.69) is 0 Å². The van der Waals surface area contributed by atoms with Gasteiger partial charge in [-0.1, -0.05) is 12.1 Å². The van der Waals surface area contributed by atoms with Gasteiger partial charge in [-0.3, -0.25) is 4.79 Å². The molecule has 0 radical (unpaired) electrons. The highest BCUT2D eigenvalue weighted by Crippen LogP contribution is 2.41. The molecule has 11 heteroatoms. The van der Waals surface area contributed by atoms with Crippen LogP contribution in [0.2, 0.25) is 0 Å². The zero-order chi connectivity index (χ0) is 24.3. The van der Waals surface area contributed by atoms with Crippen molar-refractivity contribution in [2.45, 2.75) is 30.7 Å². The lowest BCUT2D eigenvalue weighted by atomic mass is 9.99. The van der Waals surface area contributed by atoms with E-state index in [1.807, 2.05) is 0 Å². The van der Waals surface area contributed by atoms with Gasteiger partial charge in [-0.05, 0) is 35.9 Å². The fourth-order valence-electron chi connectivity index (χ4n) is 3.24. The first-order chi connectivity index (χ1) is 15.7. The largest absolute Gasteiger partial charge is 0.504 e. The van der Waals surface area contributed by atoms with Gasteiger partial charge in [0.15, 0.2) is 28.8 Å². The molecule has 11 nitrogen and oxygen atoms in total. The lowest BCUT2D eigenvalue weighted by Crippen LogP contribution is -2.60. The zero-order valence-corrected chi connectivity index (χ0v) is 17.4. The van der Waals surface area contributed by atoms with E-state index in [0.29, 0.717) is 5.56 Å². The molecule has 0 bridgehead atoms. The monoisotopic (exact) mass is 464 g/mol. The Bertz CT molecular complexity index is 1030. The van der Waals surface area contributed by atoms with Crippen LogP contribution in [0, 0.1) is 0 Å². The van der Waals surface area contributed by atoms with Crippen LogP contribution in [0.4, 0.5) is 0 Å². The van der Waals surface area contributed by atoms with Gasteiger partial charge in [-0.25, -0.2) is 0 Å². The van der Waals surface area contributed by atoms with Crippen molar-refractivity contribution in [2.75, 3.05) is 13.7 Å². The van der Waals surface area contributed by atoms with E-state index < -0.39 is 48.8 Å². The number of benzene rings is 2. The van der Waals surface area contributed by atoms with E-state index in [-0.39, 0.29) is 28.6 Å². The number of rotatable bonds is 7. The highest BCUT2D eigenvalue weighted by molar-refractivity contribution is 6.09. The van der Waals surface area contributed by atoms with Crippen molar-refractivity contribution < 1.29 is 54.8 Å². The molecule has 2 aromatic carbocycles. The number of methoxy groups -OCH3 is 1. The number of carbonyl (C=O) groups is 1. The maximum Gasteiger partial charge on any atom is 0.229 e. The van der Waals surface area contributed by atoms with Crippen molar-refractivity contribution in [1.29, 1.82) is 0 Å². The number of ether oxygens (including phenoxy) is 3. The fraction of sp³-hybridized carbons (Fsp3) is 0.318. The van der Waals surface area contributed by atoms with Crippen molar-refractivity contribution in [3.8, 4) is 28.7 Å². The number of aliphatic hydroxyl groups is 4. The average Bonchev–Trinajstić information content (AvgIpc) is 2.80. The molecule has 0 aromatic heterocycles. The zero-order valence-electron chi connectivity index (χ0n) is 17.4. The summed E-state index contributed by atoms with van der Waals surface area (Å²) in [5, 5.41) is 68.6. The van der Waals surface area contributed by atoms with Crippen LogP contribution < -0.4 is 9.47 Å². The Kier molecular flexibility index (Phi) is 7.41. The number of phenols is 3. The van der Waals surface area contributed by atoms with Crippen molar-refractivity contribution in [2.24, 2.45) is 0 Å². The maximum absolute atomic E-state index is 12.6. The van der Waals surface area contributed by atoms with Crippen LogP contribution in [0.25, 0.3) is 6.08 Å². The van der Waals surface area contributed by atoms with Gasteiger partial charge in [-0.2, -0.15) is 0 Å². The summed E-state index contributed by atoms with van der Waals surface area (Å²) in [7, 11) is 1.21. The molecule has 1 heterocycles. The molecule has 0 spiro atoms. The van der Waals surface area contributed by atoms with Gasteiger partial charge in [0, 0.05) is 0 Å². The Hall–Kier alpha value is -3.35. The summed E-state index contributed by atoms with van der Waals surface area (Å²) in [5.74, 6) is -2.24. The van der Waals surface area contributed by atoms with Crippen molar-refractivity contribution in [3.05, 3.63) is 47.5 Å². The summed E-state index contributed by atoms with van der Waals surface area (Å²) in [6.45, 7) is -0.647. The summed E-state index contributed by atoms with van der Waals surface area (Å²) in [6, 6.07) is 6.48. The van der Waals surface area contributed by atoms with E-state index in [1.165, 1.54) is 43.5 Å². The lowest BCUT2D eigenvalue weighted by molar-refractivity contribution is -0.277. The first-order valence-electron chi connectivity index (χ1n) is 9.79. The number of carbonyl (C=O) groups excluding carboxylic acids is 1. The molecule has 1 aliphatic rings. The topological polar surface area (TPSA) is 186 Å². The molecule has 5 atom stereocenters. The number of aliphatic hydroxyl groups excluding tert-OH is 4. The molecule has 178 valence electrons. The van der Waals surface area contributed by atoms with Crippen LogP contribution in [0.15, 0.2) is 36.4 Å². The predicted molar refractivity (Wildman–Crippen MR) is 112 cm³/mol. The number of allylic oxidation sites excluding steroid dienone is 1. The van der Waals surface area contributed by atoms with Gasteiger partial charge in [-0.15, -0.1) is 0 Å². The third-order valence-electron chi connectivity index (χ3n) is 5.08. The number of ketones is 1. The second-order valence-electron chi connectivity index (χ2n) is 7.25. The van der Waals surface area contributed by atoms with E-state index in [0.717, 1.165) is 6.08 Å². The lowest BCUT2D eigenvalue weighted by Gasteiger charge is -2.39. The number of hydrogen-bond donors (Lipinski definition) is 7. The third kappa shape index (κ3) is 5.02. The maximum atomic E-state index is 12.6. The van der Waals surface area contributed by atoms with E-state index in [4.69, 9.17) is 14.2 Å². The van der Waals surface area contributed by atoms with E-state index in [9.17, 15) is 40.5 Å². The normalized spacial score (nSPS) is 25.2. The van der Waals surface area contributed by atoms with Crippen LogP contribution in [0.5, 0.6) is 28.7 Å². The standard InChI is InChI=1S/C22H24O11/c1-31-21-15(32-22-20(30)19(29)18(28)16(9-23)33-22)7-4-11(17(21)27)12(24)5-2-10-3-6-13(25)14(26)8-10/h2-8,16,18-20,22-23,25-30H,9H2,1H3/b5-2+/t16-,18-,19+,20-,22-/m1/s1. The molecule has 0 saturated carbocycles. The van der Waals surface area contributed by atoms with E-state index in [1.54, 1.807) is 0 Å². The Morgan fingerprint density at radius 2 is 1.76 bits per heavy atom. The molecule has 7 N–H and O–H groups in total. The number of aromatic hydroxyl groups is 3. The van der Waals surface area contributed by atoms with Gasteiger partial charge < -0.3 is 50.0 Å². The molecule has 1 aliphatic heterocycles. The Balaban J connectivity index is 1.82. The molecule has 2 aromatic rings. The average molecular weight is 464 g/mol. The van der Waals surface area contributed by atoms with Crippen molar-refractivity contribution >= 4 is 11.9 Å². The van der Waals surface area contributed by atoms with Gasteiger partial charge in [0.2, 0.25) is 12.0 Å². The first kappa shape index (κ1) is 24.3. The Labute approximate surface area is 188 Å². The van der Waals surface area contributed by atoms with Gasteiger partial charge >= 0.3 is 0 Å². The minimum Gasteiger partial charge on any atom is -0.504 e. The molecule has 1 saturated heterocycles. The third-order valence-corrected chi connectivity index (χ3v) is 5.08. The van der Waals surface area contributed by atoms with Crippen LogP contribution in [-0.2, 0) is 4.74 Å². The summed E-state index contributed by atoms with van der Waals surface area (Å²) in [4.78, 5) is 12.6. The van der Waals surface area contributed by atoms with Crippen molar-refractivity contribution in [1.82, 2.24) is 0 Å². The van der Waals surface area contributed by atoms with Crippen LogP contribution in [-0.4, -0.2) is 86.0 Å². The molecule has 33 heavy (non-hydrogen) atoms. The number of hydrogen-bond acceptors (Lipinski definition) is 11. The summed E-state index contributed by atoms with van der Waals surface area (Å²) < 4.78 is 15.9. The van der Waals surface area contributed by atoms with Gasteiger partial charge in [0.25, 0.3) is 0 Å². The second-order valence-corrected chi connectivity index (χ2v) is 7.25. The fourth-order valence-corrected chi connectivity index (χ4v) is 3.24. The SMILES string of the molecule is COc1c(O[C@@H]2O[C@H](CO)[C@@H](O)[C@H](O)[C@H]2O)ccc(C(=O)/C=C/c2ccc(O)c(O)c2)c1O. The quantitative estimate of drug-likeness (QED) is 0.165. The van der Waals surface area contributed by atoms with Crippen LogP contribution in [0.3, 0.4) is 0 Å². The second kappa shape index (κ2) is 10.1. The Morgan fingerprint density at radius 1 is 1.03 bits per heavy atom. The molecule has 0 unspecified atom stereocenters. The molecule has 3 rings (SSSR count). The highest BCUT2D eigenvalue weighted by Gasteiger charge is 2.45. The van der Waals surface area contributed by atoms with Crippen LogP contribution >= 0.6 is 0 Å². The van der Waals surface area contributed by atoms with E-state index >= 15 is 0 Å². The summed E-state index contributed by atoms with van der Waals surface area (Å²) >= 11 is 0. The van der Waals surface area contributed by atoms with Gasteiger partial charge in [0.05, 0.1) is 19.3 Å². The summed E-state index contributed by atoms with van der Waals surface area (Å²) in [5.41, 5.74) is 0.278. The number of phenolic OH excluding ortho intramolecular Hbond substituents is 3. The summed E-state index contributed by atoms with van der Waals surface area (Å²) in [6.07, 6.45) is -5.12. The first-order valence-corrected chi connectivity index (χ1v) is 9.79. The van der Waals surface area contributed by atoms with Crippen LogP contribution in [0.1, 0.15) is 15.9 Å². The minimum atomic E-state index is -1.68. The molecule has 0 aliphatic carbocycles. The highest BCUT2D eigenvalue weighted by atomic mass is 16.7.